The molecule has 0 heterocycles. The summed E-state index contributed by atoms with van der Waals surface area (Å²) in [7, 11) is 0. The van der Waals surface area contributed by atoms with Gasteiger partial charge < -0.3 is 5.11 Å². The lowest BCUT2D eigenvalue weighted by molar-refractivity contribution is 0.229. The normalized spacial score (nSPS) is 13.0. The molecule has 0 aliphatic rings. The third kappa shape index (κ3) is 9.17. The predicted octanol–water partition coefficient (Wildman–Crippen LogP) is 2.90. The molecular formula is C12H20O. The Kier molecular flexibility index (Phi) is 8.82. The summed E-state index contributed by atoms with van der Waals surface area (Å²) < 4.78 is 0. The quantitative estimate of drug-likeness (QED) is 0.363. The highest BCUT2D eigenvalue weighted by Gasteiger charge is 1.93. The van der Waals surface area contributed by atoms with Crippen molar-refractivity contribution < 1.29 is 5.11 Å². The molecule has 0 spiro atoms. The van der Waals surface area contributed by atoms with Crippen LogP contribution in [0.5, 0.6) is 0 Å². The fraction of sp³-hybridized carbons (Fsp3) is 0.667. The van der Waals surface area contributed by atoms with Crippen molar-refractivity contribution in [2.45, 2.75) is 51.6 Å². The maximum Gasteiger partial charge on any atom is 0.0830 e. The summed E-state index contributed by atoms with van der Waals surface area (Å²) in [5.74, 6) is 2.43. The van der Waals surface area contributed by atoms with Gasteiger partial charge in [-0.15, -0.1) is 12.3 Å². The Bertz CT molecular complexity index is 164. The van der Waals surface area contributed by atoms with E-state index in [2.05, 4.69) is 12.8 Å². The van der Waals surface area contributed by atoms with Gasteiger partial charge in [-0.1, -0.05) is 38.3 Å². The molecule has 0 aromatic heterocycles. The molecule has 0 bridgehead atoms. The second kappa shape index (κ2) is 9.35. The average molecular weight is 180 g/mol. The first-order valence-electron chi connectivity index (χ1n) is 5.09. The highest BCUT2D eigenvalue weighted by molar-refractivity contribution is 4.96. The third-order valence-electron chi connectivity index (χ3n) is 1.91. The van der Waals surface area contributed by atoms with Crippen LogP contribution in [0.25, 0.3) is 0 Å². The van der Waals surface area contributed by atoms with E-state index in [4.69, 9.17) is 6.42 Å². The molecule has 0 saturated carbocycles. The molecule has 74 valence electrons. The van der Waals surface area contributed by atoms with Crippen molar-refractivity contribution in [3.63, 3.8) is 0 Å². The van der Waals surface area contributed by atoms with Crippen LogP contribution in [0.15, 0.2) is 12.2 Å². The van der Waals surface area contributed by atoms with Crippen LogP contribution in [0.1, 0.15) is 45.4 Å². The number of aliphatic hydroxyl groups excluding tert-OH is 1. The average Bonchev–Trinajstić information content (AvgIpc) is 2.11. The number of allylic oxidation sites excluding steroid dienone is 1. The van der Waals surface area contributed by atoms with Crippen LogP contribution in [-0.4, -0.2) is 11.2 Å². The Hall–Kier alpha value is -0.740. The lowest BCUT2D eigenvalue weighted by Gasteiger charge is -1.98. The van der Waals surface area contributed by atoms with Gasteiger partial charge in [-0.2, -0.15) is 0 Å². The monoisotopic (exact) mass is 180 g/mol. The van der Waals surface area contributed by atoms with E-state index in [1.165, 1.54) is 25.7 Å². The van der Waals surface area contributed by atoms with Crippen LogP contribution >= 0.6 is 0 Å². The van der Waals surface area contributed by atoms with Crippen LogP contribution in [0.2, 0.25) is 0 Å². The lowest BCUT2D eigenvalue weighted by Crippen LogP contribution is -1.98. The first-order chi connectivity index (χ1) is 6.31. The molecule has 0 aromatic carbocycles. The molecule has 0 rings (SSSR count). The Morgan fingerprint density at radius 3 is 2.77 bits per heavy atom. The summed E-state index contributed by atoms with van der Waals surface area (Å²) in [5.41, 5.74) is 0. The minimum Gasteiger partial charge on any atom is -0.388 e. The molecule has 1 atom stereocenters. The van der Waals surface area contributed by atoms with Gasteiger partial charge in [0.1, 0.15) is 0 Å². The second-order valence-corrected chi connectivity index (χ2v) is 3.25. The lowest BCUT2D eigenvalue weighted by atomic mass is 10.1. The van der Waals surface area contributed by atoms with Gasteiger partial charge >= 0.3 is 0 Å². The Labute approximate surface area is 81.9 Å². The van der Waals surface area contributed by atoms with Gasteiger partial charge in [-0.3, -0.25) is 0 Å². The number of unbranched alkanes of at least 4 members (excludes halogenated alkanes) is 4. The molecule has 1 nitrogen and oxygen atoms in total. The topological polar surface area (TPSA) is 20.2 Å². The molecule has 0 amide bonds. The summed E-state index contributed by atoms with van der Waals surface area (Å²) in [5, 5.41) is 9.22. The molecule has 0 radical (unpaired) electrons. The van der Waals surface area contributed by atoms with Gasteiger partial charge in [-0.25, -0.2) is 0 Å². The zero-order chi connectivity index (χ0) is 9.94. The molecule has 0 aliphatic carbocycles. The fourth-order valence-electron chi connectivity index (χ4n) is 1.13. The van der Waals surface area contributed by atoms with Crippen LogP contribution in [-0.2, 0) is 0 Å². The summed E-state index contributed by atoms with van der Waals surface area (Å²) in [4.78, 5) is 0. The minimum absolute atomic E-state index is 0.422. The molecule has 0 aliphatic heterocycles. The van der Waals surface area contributed by atoms with Crippen molar-refractivity contribution in [3.05, 3.63) is 12.2 Å². The third-order valence-corrected chi connectivity index (χ3v) is 1.91. The van der Waals surface area contributed by atoms with Crippen molar-refractivity contribution in [3.8, 4) is 12.3 Å². The number of rotatable bonds is 7. The fourth-order valence-corrected chi connectivity index (χ4v) is 1.13. The Morgan fingerprint density at radius 1 is 1.38 bits per heavy atom. The van der Waals surface area contributed by atoms with Crippen molar-refractivity contribution in [1.29, 1.82) is 0 Å². The number of hydrogen-bond donors (Lipinski definition) is 1. The van der Waals surface area contributed by atoms with Crippen LogP contribution < -0.4 is 0 Å². The zero-order valence-electron chi connectivity index (χ0n) is 8.50. The maximum atomic E-state index is 9.22. The summed E-state index contributed by atoms with van der Waals surface area (Å²) in [6.45, 7) is 2.20. The Morgan fingerprint density at radius 2 is 2.15 bits per heavy atom. The van der Waals surface area contributed by atoms with Gasteiger partial charge in [0, 0.05) is 6.42 Å². The minimum atomic E-state index is -0.448. The number of terminal acetylenes is 1. The smallest absolute Gasteiger partial charge is 0.0830 e. The van der Waals surface area contributed by atoms with Crippen molar-refractivity contribution in [2.75, 3.05) is 0 Å². The molecule has 1 heteroatoms. The number of aliphatic hydroxyl groups is 1. The summed E-state index contributed by atoms with van der Waals surface area (Å²) in [6, 6.07) is 0. The standard InChI is InChI=1S/C12H20O/c1-3-5-6-7-8-9-11-12(13)10-4-2/h2,9,11-13H,3,5-8,10H2,1H3/b11-9+. The predicted molar refractivity (Wildman–Crippen MR) is 57.4 cm³/mol. The van der Waals surface area contributed by atoms with Crippen LogP contribution in [0.4, 0.5) is 0 Å². The largest absolute Gasteiger partial charge is 0.388 e. The molecular weight excluding hydrogens is 160 g/mol. The van der Waals surface area contributed by atoms with E-state index in [-0.39, 0.29) is 0 Å². The van der Waals surface area contributed by atoms with Gasteiger partial charge in [-0.05, 0) is 12.8 Å². The van der Waals surface area contributed by atoms with E-state index < -0.39 is 6.10 Å². The van der Waals surface area contributed by atoms with E-state index in [0.717, 1.165) is 6.42 Å². The molecule has 0 saturated heterocycles. The summed E-state index contributed by atoms with van der Waals surface area (Å²) >= 11 is 0. The van der Waals surface area contributed by atoms with Crippen molar-refractivity contribution in [2.24, 2.45) is 0 Å². The summed E-state index contributed by atoms with van der Waals surface area (Å²) in [6.07, 6.45) is 15.0. The highest BCUT2D eigenvalue weighted by atomic mass is 16.3. The maximum absolute atomic E-state index is 9.22. The van der Waals surface area contributed by atoms with Gasteiger partial charge in [0.25, 0.3) is 0 Å². The van der Waals surface area contributed by atoms with E-state index in [9.17, 15) is 5.11 Å². The first kappa shape index (κ1) is 12.3. The van der Waals surface area contributed by atoms with E-state index in [1.54, 1.807) is 6.08 Å². The van der Waals surface area contributed by atoms with E-state index >= 15 is 0 Å². The zero-order valence-corrected chi connectivity index (χ0v) is 8.50. The van der Waals surface area contributed by atoms with Gasteiger partial charge in [0.05, 0.1) is 6.10 Å². The molecule has 0 fully saturated rings. The van der Waals surface area contributed by atoms with E-state index in [1.807, 2.05) is 6.08 Å². The SMILES string of the molecule is C#CCC(O)/C=C/CCCCCC. The van der Waals surface area contributed by atoms with Crippen LogP contribution in [0, 0.1) is 12.3 Å². The highest BCUT2D eigenvalue weighted by Crippen LogP contribution is 2.03. The van der Waals surface area contributed by atoms with Gasteiger partial charge in [0.2, 0.25) is 0 Å². The number of hydrogen-bond acceptors (Lipinski definition) is 1. The molecule has 0 aromatic rings. The molecule has 1 N–H and O–H groups in total. The Balaban J connectivity index is 3.26. The second-order valence-electron chi connectivity index (χ2n) is 3.25. The first-order valence-corrected chi connectivity index (χ1v) is 5.09. The van der Waals surface area contributed by atoms with Crippen LogP contribution in [0.3, 0.4) is 0 Å². The van der Waals surface area contributed by atoms with Crippen molar-refractivity contribution in [1.82, 2.24) is 0 Å². The molecule has 1 unspecified atom stereocenters. The van der Waals surface area contributed by atoms with Gasteiger partial charge in [0.15, 0.2) is 0 Å². The van der Waals surface area contributed by atoms with E-state index in [0.29, 0.717) is 6.42 Å². The van der Waals surface area contributed by atoms with Crippen molar-refractivity contribution >= 4 is 0 Å². The molecule has 13 heavy (non-hydrogen) atoms.